The van der Waals surface area contributed by atoms with E-state index in [2.05, 4.69) is 43.7 Å². The van der Waals surface area contributed by atoms with E-state index in [1.54, 1.807) is 0 Å². The summed E-state index contributed by atoms with van der Waals surface area (Å²) >= 11 is 6.77. The van der Waals surface area contributed by atoms with Crippen LogP contribution in [0.3, 0.4) is 0 Å². The van der Waals surface area contributed by atoms with Gasteiger partial charge in [-0.2, -0.15) is 0 Å². The van der Waals surface area contributed by atoms with Crippen LogP contribution >= 0.6 is 31.9 Å². The lowest BCUT2D eigenvalue weighted by Crippen LogP contribution is -2.39. The third-order valence-electron chi connectivity index (χ3n) is 3.50. The molecule has 112 valence electrons. The summed E-state index contributed by atoms with van der Waals surface area (Å²) in [5, 5.41) is 9.75. The summed E-state index contributed by atoms with van der Waals surface area (Å²) in [6.07, 6.45) is 3.80. The second-order valence-corrected chi connectivity index (χ2v) is 6.99. The van der Waals surface area contributed by atoms with E-state index in [9.17, 15) is 5.11 Å². The van der Waals surface area contributed by atoms with Crippen LogP contribution in [-0.4, -0.2) is 35.8 Å². The fourth-order valence-corrected chi connectivity index (χ4v) is 3.83. The predicted molar refractivity (Wildman–Crippen MR) is 88.0 cm³/mol. The third kappa shape index (κ3) is 4.45. The molecule has 0 bridgehead atoms. The van der Waals surface area contributed by atoms with Crippen molar-refractivity contribution in [3.05, 3.63) is 26.6 Å². The zero-order valence-electron chi connectivity index (χ0n) is 11.7. The quantitative estimate of drug-likeness (QED) is 0.790. The Hall–Kier alpha value is -0.100. The molecule has 0 radical (unpaired) electrons. The Kier molecular flexibility index (Phi) is 6.33. The summed E-state index contributed by atoms with van der Waals surface area (Å²) in [5.74, 6) is 0.261. The molecule has 5 heteroatoms. The van der Waals surface area contributed by atoms with Gasteiger partial charge in [-0.15, -0.1) is 0 Å². The predicted octanol–water partition coefficient (Wildman–Crippen LogP) is 4.31. The molecule has 1 aromatic carbocycles. The number of phenols is 1. The third-order valence-corrected chi connectivity index (χ3v) is 4.71. The van der Waals surface area contributed by atoms with Crippen molar-refractivity contribution >= 4 is 31.9 Å². The van der Waals surface area contributed by atoms with Gasteiger partial charge < -0.3 is 9.84 Å². The standard InChI is InChI=1S/C15H21Br2NO2/c1-2-6-20-12-4-3-5-18(10-12)9-11-7-13(16)15(19)14(17)8-11/h7-8,12,19H,2-6,9-10H2,1H3. The molecular formula is C15H21Br2NO2. The van der Waals surface area contributed by atoms with Crippen molar-refractivity contribution < 1.29 is 9.84 Å². The molecular weight excluding hydrogens is 386 g/mol. The minimum absolute atomic E-state index is 0.261. The van der Waals surface area contributed by atoms with E-state index in [4.69, 9.17) is 4.74 Å². The molecule has 0 aliphatic carbocycles. The van der Waals surface area contributed by atoms with Crippen LogP contribution in [0.15, 0.2) is 21.1 Å². The average molecular weight is 407 g/mol. The van der Waals surface area contributed by atoms with E-state index in [1.807, 2.05) is 12.1 Å². The van der Waals surface area contributed by atoms with Gasteiger partial charge in [-0.25, -0.2) is 0 Å². The molecule has 1 aliphatic rings. The zero-order valence-corrected chi connectivity index (χ0v) is 14.9. The lowest BCUT2D eigenvalue weighted by atomic mass is 10.1. The molecule has 0 aromatic heterocycles. The first-order valence-electron chi connectivity index (χ1n) is 7.11. The van der Waals surface area contributed by atoms with E-state index < -0.39 is 0 Å². The van der Waals surface area contributed by atoms with E-state index in [-0.39, 0.29) is 5.75 Å². The van der Waals surface area contributed by atoms with Crippen molar-refractivity contribution in [1.29, 1.82) is 0 Å². The van der Waals surface area contributed by atoms with Crippen molar-refractivity contribution in [1.82, 2.24) is 4.90 Å². The molecule has 1 aromatic rings. The van der Waals surface area contributed by atoms with Crippen LogP contribution in [0.5, 0.6) is 5.75 Å². The number of nitrogens with zero attached hydrogens (tertiary/aromatic N) is 1. The second kappa shape index (κ2) is 7.78. The monoisotopic (exact) mass is 405 g/mol. The van der Waals surface area contributed by atoms with Crippen molar-refractivity contribution in [2.45, 2.75) is 38.8 Å². The van der Waals surface area contributed by atoms with Gasteiger partial charge >= 0.3 is 0 Å². The zero-order chi connectivity index (χ0) is 14.5. The molecule has 1 unspecified atom stereocenters. The fourth-order valence-electron chi connectivity index (χ4n) is 2.54. The molecule has 1 N–H and O–H groups in total. The van der Waals surface area contributed by atoms with E-state index >= 15 is 0 Å². The molecule has 1 saturated heterocycles. The Balaban J connectivity index is 1.95. The fraction of sp³-hybridized carbons (Fsp3) is 0.600. The minimum Gasteiger partial charge on any atom is -0.506 e. The van der Waals surface area contributed by atoms with E-state index in [0.29, 0.717) is 6.10 Å². The average Bonchev–Trinajstić information content (AvgIpc) is 2.43. The van der Waals surface area contributed by atoms with Gasteiger partial charge in [-0.1, -0.05) is 6.92 Å². The number of piperidine rings is 1. The number of benzene rings is 1. The summed E-state index contributed by atoms with van der Waals surface area (Å²) < 4.78 is 7.33. The highest BCUT2D eigenvalue weighted by atomic mass is 79.9. The van der Waals surface area contributed by atoms with Crippen molar-refractivity contribution in [2.24, 2.45) is 0 Å². The molecule has 1 heterocycles. The number of halogens is 2. The van der Waals surface area contributed by atoms with Crippen LogP contribution in [0, 0.1) is 0 Å². The maximum absolute atomic E-state index is 9.75. The molecule has 3 nitrogen and oxygen atoms in total. The van der Waals surface area contributed by atoms with Gasteiger partial charge in [0.25, 0.3) is 0 Å². The number of aromatic hydroxyl groups is 1. The first-order chi connectivity index (χ1) is 9.60. The highest BCUT2D eigenvalue weighted by Gasteiger charge is 2.20. The Labute approximate surface area is 137 Å². The maximum atomic E-state index is 9.75. The van der Waals surface area contributed by atoms with Crippen LogP contribution in [0.25, 0.3) is 0 Å². The minimum atomic E-state index is 0.261. The number of ether oxygens (including phenoxy) is 1. The van der Waals surface area contributed by atoms with Gasteiger partial charge in [0.05, 0.1) is 15.0 Å². The maximum Gasteiger partial charge on any atom is 0.143 e. The highest BCUT2D eigenvalue weighted by Crippen LogP contribution is 2.33. The van der Waals surface area contributed by atoms with E-state index in [0.717, 1.165) is 41.6 Å². The molecule has 2 rings (SSSR count). The number of hydrogen-bond donors (Lipinski definition) is 1. The van der Waals surface area contributed by atoms with Gasteiger partial charge in [0.2, 0.25) is 0 Å². The number of rotatable bonds is 5. The molecule has 0 saturated carbocycles. The number of likely N-dealkylation sites (tertiary alicyclic amines) is 1. The molecule has 1 fully saturated rings. The SMILES string of the molecule is CCCOC1CCCN(Cc2cc(Br)c(O)c(Br)c2)C1. The van der Waals surface area contributed by atoms with Crippen LogP contribution in [0.1, 0.15) is 31.7 Å². The first-order valence-corrected chi connectivity index (χ1v) is 8.69. The van der Waals surface area contributed by atoms with Gasteiger partial charge in [0.15, 0.2) is 0 Å². The lowest BCUT2D eigenvalue weighted by molar-refractivity contribution is -0.00224. The van der Waals surface area contributed by atoms with Gasteiger partial charge in [0, 0.05) is 19.7 Å². The van der Waals surface area contributed by atoms with Crippen LogP contribution in [-0.2, 0) is 11.3 Å². The van der Waals surface area contributed by atoms with Gasteiger partial charge in [0.1, 0.15) is 5.75 Å². The molecule has 0 amide bonds. The molecule has 20 heavy (non-hydrogen) atoms. The summed E-state index contributed by atoms with van der Waals surface area (Å²) in [6.45, 7) is 6.00. The summed E-state index contributed by atoms with van der Waals surface area (Å²) in [6, 6.07) is 3.97. The van der Waals surface area contributed by atoms with Crippen molar-refractivity contribution in [3.8, 4) is 5.75 Å². The van der Waals surface area contributed by atoms with Gasteiger partial charge in [-0.05, 0) is 75.4 Å². The highest BCUT2D eigenvalue weighted by molar-refractivity contribution is 9.11. The van der Waals surface area contributed by atoms with Crippen LogP contribution in [0.4, 0.5) is 0 Å². The van der Waals surface area contributed by atoms with E-state index in [1.165, 1.54) is 18.4 Å². The Morgan fingerprint density at radius 3 is 2.70 bits per heavy atom. The lowest BCUT2D eigenvalue weighted by Gasteiger charge is -2.32. The van der Waals surface area contributed by atoms with Crippen molar-refractivity contribution in [3.63, 3.8) is 0 Å². The number of phenolic OH excluding ortho intramolecular Hbond substituents is 1. The Morgan fingerprint density at radius 1 is 1.35 bits per heavy atom. The van der Waals surface area contributed by atoms with Crippen LogP contribution < -0.4 is 0 Å². The Morgan fingerprint density at radius 2 is 2.05 bits per heavy atom. The second-order valence-electron chi connectivity index (χ2n) is 5.28. The molecule has 0 spiro atoms. The first kappa shape index (κ1) is 16.3. The normalized spacial score (nSPS) is 20.2. The summed E-state index contributed by atoms with van der Waals surface area (Å²) in [4.78, 5) is 2.43. The number of hydrogen-bond acceptors (Lipinski definition) is 3. The van der Waals surface area contributed by atoms with Crippen LogP contribution in [0.2, 0.25) is 0 Å². The summed E-state index contributed by atoms with van der Waals surface area (Å²) in [7, 11) is 0. The molecule has 1 aliphatic heterocycles. The van der Waals surface area contributed by atoms with Crippen molar-refractivity contribution in [2.75, 3.05) is 19.7 Å². The smallest absolute Gasteiger partial charge is 0.143 e. The largest absolute Gasteiger partial charge is 0.506 e. The summed E-state index contributed by atoms with van der Waals surface area (Å²) in [5.41, 5.74) is 1.19. The topological polar surface area (TPSA) is 32.7 Å². The Bertz CT molecular complexity index is 430. The molecule has 1 atom stereocenters. The van der Waals surface area contributed by atoms with Gasteiger partial charge in [-0.3, -0.25) is 4.90 Å².